The van der Waals surface area contributed by atoms with E-state index in [2.05, 4.69) is 86.0 Å². The first kappa shape index (κ1) is 25.7. The molecule has 0 amide bonds. The second-order valence-corrected chi connectivity index (χ2v) is 6.03. The quantitative estimate of drug-likeness (QED) is 0.374. The summed E-state index contributed by atoms with van der Waals surface area (Å²) in [6.45, 7) is 7.49. The summed E-state index contributed by atoms with van der Waals surface area (Å²) < 4.78 is 0. The fourth-order valence-electron chi connectivity index (χ4n) is 3.20. The van der Waals surface area contributed by atoms with Crippen LogP contribution in [0.5, 0.6) is 0 Å². The largest absolute Gasteiger partial charge is 4.00 e. The van der Waals surface area contributed by atoms with E-state index in [1.54, 1.807) is 0 Å². The molecule has 0 N–H and O–H groups in total. The van der Waals surface area contributed by atoms with Gasteiger partial charge in [-0.1, -0.05) is 60.4 Å². The second-order valence-electron chi connectivity index (χ2n) is 6.03. The molecule has 3 heteroatoms. The molecule has 4 rings (SSSR count). The van der Waals surface area contributed by atoms with Crippen LogP contribution in [0.2, 0.25) is 0 Å². The molecule has 0 aromatic heterocycles. The van der Waals surface area contributed by atoms with E-state index in [0.717, 1.165) is 12.8 Å². The van der Waals surface area contributed by atoms with Crippen molar-refractivity contribution in [3.8, 4) is 0 Å². The molecule has 0 aliphatic heterocycles. The number of benzene rings is 2. The predicted molar refractivity (Wildman–Crippen MR) is 103 cm³/mol. The Labute approximate surface area is 190 Å². The van der Waals surface area contributed by atoms with Gasteiger partial charge >= 0.3 is 21.7 Å². The second kappa shape index (κ2) is 13.0. The number of allylic oxidation sites excluding steroid dienone is 4. The average Bonchev–Trinajstić information content (AvgIpc) is 3.22. The van der Waals surface area contributed by atoms with Gasteiger partial charge in [-0.3, -0.25) is 12.2 Å². The molecule has 2 aromatic carbocycles. The number of fused-ring (bicyclic) bond motifs is 2. The van der Waals surface area contributed by atoms with Gasteiger partial charge < -0.3 is 24.8 Å². The molecule has 2 aliphatic carbocycles. The van der Waals surface area contributed by atoms with Crippen molar-refractivity contribution in [2.75, 3.05) is 0 Å². The van der Waals surface area contributed by atoms with Crippen molar-refractivity contribution in [3.05, 3.63) is 108 Å². The Bertz CT molecular complexity index is 725. The summed E-state index contributed by atoms with van der Waals surface area (Å²) in [5.74, 6) is 0.886. The van der Waals surface area contributed by atoms with Gasteiger partial charge in [0.15, 0.2) is 0 Å². The van der Waals surface area contributed by atoms with E-state index < -0.39 is 0 Å². The third-order valence-corrected chi connectivity index (χ3v) is 4.43. The summed E-state index contributed by atoms with van der Waals surface area (Å²) in [6.07, 6.45) is 16.7. The molecule has 0 spiro atoms. The van der Waals surface area contributed by atoms with E-state index in [9.17, 15) is 0 Å². The number of hydrogen-bond donors (Lipinski definition) is 0. The van der Waals surface area contributed by atoms with Gasteiger partial charge in [0.2, 0.25) is 0 Å². The van der Waals surface area contributed by atoms with Crippen LogP contribution in [-0.4, -0.2) is 0 Å². The number of hydrogen-bond acceptors (Lipinski definition) is 0. The zero-order valence-corrected chi connectivity index (χ0v) is 18.2. The van der Waals surface area contributed by atoms with Crippen molar-refractivity contribution >= 4 is 12.2 Å². The fraction of sp³-hybridized carbons (Fsp3) is 0.167. The van der Waals surface area contributed by atoms with Gasteiger partial charge in [-0.05, 0) is 12.8 Å². The first-order valence-electron chi connectivity index (χ1n) is 8.41. The van der Waals surface area contributed by atoms with E-state index in [1.807, 2.05) is 12.2 Å². The minimum absolute atomic E-state index is 0. The van der Waals surface area contributed by atoms with Crippen molar-refractivity contribution in [1.82, 2.24) is 0 Å². The van der Waals surface area contributed by atoms with Gasteiger partial charge in [-0.15, -0.1) is 36.4 Å². The third-order valence-electron chi connectivity index (χ3n) is 4.43. The molecule has 0 saturated carbocycles. The summed E-state index contributed by atoms with van der Waals surface area (Å²) in [5.41, 5.74) is 5.39. The smallest absolute Gasteiger partial charge is 1.00 e. The average molecular weight is 429 g/mol. The molecule has 0 saturated heterocycles. The van der Waals surface area contributed by atoms with E-state index in [0.29, 0.717) is 11.8 Å². The molecule has 0 heterocycles. The van der Waals surface area contributed by atoms with Gasteiger partial charge in [-0.25, -0.2) is 12.2 Å². The van der Waals surface area contributed by atoms with Crippen molar-refractivity contribution in [2.45, 2.75) is 24.7 Å². The monoisotopic (exact) mass is 428 g/mol. The molecule has 0 radical (unpaired) electrons. The zero-order valence-electron chi connectivity index (χ0n) is 15.2. The van der Waals surface area contributed by atoms with Crippen LogP contribution in [0.25, 0.3) is 12.2 Å². The van der Waals surface area contributed by atoms with E-state index in [4.69, 9.17) is 0 Å². The third kappa shape index (κ3) is 6.37. The maximum Gasteiger partial charge on any atom is 4.00 e. The Morgan fingerprint density at radius 3 is 1.44 bits per heavy atom. The zero-order chi connectivity index (χ0) is 16.8. The summed E-state index contributed by atoms with van der Waals surface area (Å²) >= 11 is 0. The van der Waals surface area contributed by atoms with Gasteiger partial charge in [0.25, 0.3) is 0 Å². The molecule has 2 aromatic rings. The topological polar surface area (TPSA) is 0 Å². The summed E-state index contributed by atoms with van der Waals surface area (Å²) in [7, 11) is 0. The van der Waals surface area contributed by atoms with Crippen molar-refractivity contribution in [2.24, 2.45) is 0 Å². The van der Waals surface area contributed by atoms with Crippen LogP contribution in [0.4, 0.5) is 0 Å². The van der Waals surface area contributed by atoms with E-state index in [-0.39, 0.29) is 46.5 Å². The van der Waals surface area contributed by atoms with Crippen LogP contribution >= 0.6 is 0 Å². The predicted octanol–water partition coefficient (Wildman–Crippen LogP) is 0.358. The Kier molecular flexibility index (Phi) is 12.3. The standard InChI is InChI=1S/2C12H11.2ClH.Ti/c2*1-2-5-10-8-9-11-6-3-4-7-12(10)11;;;/h2*2-4,6-7,9-10H,1,5H2;2*1H;/q2*-1;;;+4/p-2. The maximum atomic E-state index is 3.74. The van der Waals surface area contributed by atoms with Crippen LogP contribution in [0.15, 0.2) is 73.8 Å². The Balaban J connectivity index is 0.000000451. The van der Waals surface area contributed by atoms with Gasteiger partial charge in [0, 0.05) is 0 Å². The van der Waals surface area contributed by atoms with E-state index >= 15 is 0 Å². The molecule has 2 unspecified atom stereocenters. The molecule has 0 bridgehead atoms. The van der Waals surface area contributed by atoms with E-state index in [1.165, 1.54) is 22.3 Å². The van der Waals surface area contributed by atoms with Crippen molar-refractivity contribution in [3.63, 3.8) is 0 Å². The van der Waals surface area contributed by atoms with Crippen LogP contribution < -0.4 is 24.8 Å². The SMILES string of the molecule is C=CCC1[C-]=Cc2ccccc21.C=CCC1[C-]=Cc2ccccc21.[Cl-].[Cl-].[Ti+4]. The Morgan fingerprint density at radius 2 is 1.07 bits per heavy atom. The molecule has 2 atom stereocenters. The molecule has 0 nitrogen and oxygen atoms in total. The molecule has 27 heavy (non-hydrogen) atoms. The molecule has 136 valence electrons. The first-order valence-corrected chi connectivity index (χ1v) is 8.41. The molecule has 2 aliphatic rings. The Hall–Kier alpha value is -1.31. The molecular weight excluding hydrogens is 407 g/mol. The summed E-state index contributed by atoms with van der Waals surface area (Å²) in [6, 6.07) is 16.9. The molecule has 0 fully saturated rings. The summed E-state index contributed by atoms with van der Waals surface area (Å²) in [5, 5.41) is 0. The maximum absolute atomic E-state index is 3.74. The van der Waals surface area contributed by atoms with Gasteiger partial charge in [-0.2, -0.15) is 11.1 Å². The van der Waals surface area contributed by atoms with Crippen LogP contribution in [0.1, 0.15) is 46.9 Å². The van der Waals surface area contributed by atoms with Crippen molar-refractivity contribution < 1.29 is 46.5 Å². The van der Waals surface area contributed by atoms with Crippen LogP contribution in [0.3, 0.4) is 0 Å². The normalized spacial score (nSPS) is 17.0. The van der Waals surface area contributed by atoms with Gasteiger partial charge in [0.1, 0.15) is 0 Å². The number of rotatable bonds is 4. The fourth-order valence-corrected chi connectivity index (χ4v) is 3.20. The van der Waals surface area contributed by atoms with Crippen LogP contribution in [0, 0.1) is 12.2 Å². The van der Waals surface area contributed by atoms with Crippen molar-refractivity contribution in [1.29, 1.82) is 0 Å². The minimum atomic E-state index is 0. The number of halogens is 2. The first-order chi connectivity index (χ1) is 11.8. The Morgan fingerprint density at radius 1 is 0.704 bits per heavy atom. The van der Waals surface area contributed by atoms with Gasteiger partial charge in [0.05, 0.1) is 0 Å². The minimum Gasteiger partial charge on any atom is -1.00 e. The van der Waals surface area contributed by atoms with Crippen LogP contribution in [-0.2, 0) is 21.7 Å². The molecular formula is C24H22Cl2Ti. The summed E-state index contributed by atoms with van der Waals surface area (Å²) in [4.78, 5) is 0.